The first-order valence-corrected chi connectivity index (χ1v) is 23.2. The standard InChI is InChI=1S/C63H38N4O2/c1-4-14-39(15-5-1)41-26-28-43(29-27-41)62-64-61(42-18-8-3-9-19-42)65-63(66-62)51-22-13-25-56-59(51)50-34-31-46(38-58(50)68-56)45-30-33-48-49-21-12-24-55(60(49)69-57(48)37-45)67-53-23-11-10-20-47(53)52-36-44(32-35-54(52)67)40-16-6-2-7-17-40/h1-38H. The van der Waals surface area contributed by atoms with Gasteiger partial charge < -0.3 is 13.4 Å². The Hall–Kier alpha value is -9.39. The average Bonchev–Trinajstić information content (AvgIpc) is 4.10. The number of fused-ring (bicyclic) bond motifs is 9. The van der Waals surface area contributed by atoms with Gasteiger partial charge in [0.2, 0.25) is 0 Å². The van der Waals surface area contributed by atoms with E-state index < -0.39 is 0 Å². The molecule has 10 aromatic carbocycles. The molecule has 4 heterocycles. The van der Waals surface area contributed by atoms with Gasteiger partial charge in [0.25, 0.3) is 0 Å². The predicted octanol–water partition coefficient (Wildman–Crippen LogP) is 16.8. The first kappa shape index (κ1) is 38.8. The Balaban J connectivity index is 0.857. The minimum atomic E-state index is 0.580. The Morgan fingerprint density at radius 3 is 1.54 bits per heavy atom. The van der Waals surface area contributed by atoms with Crippen LogP contribution >= 0.6 is 0 Å². The number of benzene rings is 10. The monoisotopic (exact) mass is 882 g/mol. The normalized spacial score (nSPS) is 11.8. The fourth-order valence-corrected chi connectivity index (χ4v) is 10.2. The van der Waals surface area contributed by atoms with Gasteiger partial charge in [0, 0.05) is 49.0 Å². The van der Waals surface area contributed by atoms with Crippen molar-refractivity contribution in [3.8, 4) is 73.2 Å². The molecule has 14 rings (SSSR count). The van der Waals surface area contributed by atoms with Gasteiger partial charge in [-0.25, -0.2) is 15.0 Å². The van der Waals surface area contributed by atoms with Crippen molar-refractivity contribution >= 4 is 65.7 Å². The van der Waals surface area contributed by atoms with Crippen LogP contribution in [0.1, 0.15) is 0 Å². The summed E-state index contributed by atoms with van der Waals surface area (Å²) in [4.78, 5) is 15.3. The van der Waals surface area contributed by atoms with E-state index in [-0.39, 0.29) is 0 Å². The van der Waals surface area contributed by atoms with E-state index in [1.54, 1.807) is 0 Å². The summed E-state index contributed by atoms with van der Waals surface area (Å²) in [7, 11) is 0. The van der Waals surface area contributed by atoms with Crippen LogP contribution in [0.3, 0.4) is 0 Å². The highest BCUT2D eigenvalue weighted by molar-refractivity contribution is 6.15. The largest absolute Gasteiger partial charge is 0.456 e. The Kier molecular flexibility index (Phi) is 8.79. The highest BCUT2D eigenvalue weighted by Gasteiger charge is 2.21. The molecular formula is C63H38N4O2. The maximum atomic E-state index is 6.91. The molecule has 0 saturated carbocycles. The van der Waals surface area contributed by atoms with Crippen LogP contribution in [0, 0.1) is 0 Å². The molecule has 0 fully saturated rings. The molecular weight excluding hydrogens is 845 g/mol. The Bertz CT molecular complexity index is 4290. The van der Waals surface area contributed by atoms with E-state index in [1.807, 2.05) is 48.5 Å². The molecule has 0 amide bonds. The first-order valence-electron chi connectivity index (χ1n) is 23.2. The van der Waals surface area contributed by atoms with E-state index in [0.717, 1.165) is 99.5 Å². The first-order chi connectivity index (χ1) is 34.2. The summed E-state index contributed by atoms with van der Waals surface area (Å²) in [5, 5.41) is 6.48. The Labute approximate surface area is 396 Å². The molecule has 0 spiro atoms. The van der Waals surface area contributed by atoms with E-state index in [1.165, 1.54) is 21.9 Å². The molecule has 0 atom stereocenters. The molecule has 0 saturated heterocycles. The molecule has 6 nitrogen and oxygen atoms in total. The van der Waals surface area contributed by atoms with Crippen LogP contribution in [0.4, 0.5) is 0 Å². The predicted molar refractivity (Wildman–Crippen MR) is 281 cm³/mol. The van der Waals surface area contributed by atoms with E-state index in [0.29, 0.717) is 17.5 Å². The number of rotatable bonds is 7. The number of hydrogen-bond acceptors (Lipinski definition) is 5. The van der Waals surface area contributed by atoms with Crippen LogP contribution in [-0.2, 0) is 0 Å². The van der Waals surface area contributed by atoms with Gasteiger partial charge in [-0.2, -0.15) is 0 Å². The third kappa shape index (κ3) is 6.45. The lowest BCUT2D eigenvalue weighted by Gasteiger charge is -2.10. The molecule has 0 N–H and O–H groups in total. The third-order valence-corrected chi connectivity index (χ3v) is 13.5. The second kappa shape index (κ2) is 15.6. The van der Waals surface area contributed by atoms with Gasteiger partial charge in [-0.1, -0.05) is 176 Å². The van der Waals surface area contributed by atoms with Crippen molar-refractivity contribution in [2.24, 2.45) is 0 Å². The zero-order valence-electron chi connectivity index (χ0n) is 37.0. The summed E-state index contributed by atoms with van der Waals surface area (Å²) >= 11 is 0. The number of nitrogens with zero attached hydrogens (tertiary/aromatic N) is 4. The van der Waals surface area contributed by atoms with E-state index in [4.69, 9.17) is 23.8 Å². The SMILES string of the molecule is c1ccc(-c2ccc(-c3nc(-c4ccccc4)nc(-c4cccc5oc6cc(-c7ccc8c(c7)oc7c(-n9c%10ccccc%10c%10cc(-c%11ccccc%11)ccc%109)cccc78)ccc6c45)n3)cc2)cc1. The minimum absolute atomic E-state index is 0.580. The van der Waals surface area contributed by atoms with Gasteiger partial charge in [-0.15, -0.1) is 0 Å². The van der Waals surface area contributed by atoms with Crippen LogP contribution in [0.2, 0.25) is 0 Å². The van der Waals surface area contributed by atoms with Crippen LogP contribution < -0.4 is 0 Å². The van der Waals surface area contributed by atoms with Gasteiger partial charge >= 0.3 is 0 Å². The lowest BCUT2D eigenvalue weighted by atomic mass is 10.0. The smallest absolute Gasteiger partial charge is 0.164 e. The molecule has 0 aliphatic rings. The summed E-state index contributed by atoms with van der Waals surface area (Å²) in [6.07, 6.45) is 0. The van der Waals surface area contributed by atoms with E-state index in [9.17, 15) is 0 Å². The lowest BCUT2D eigenvalue weighted by molar-refractivity contribution is 0.666. The number of para-hydroxylation sites is 2. The van der Waals surface area contributed by atoms with Crippen molar-refractivity contribution in [2.45, 2.75) is 0 Å². The zero-order valence-corrected chi connectivity index (χ0v) is 37.0. The van der Waals surface area contributed by atoms with E-state index in [2.05, 4.69) is 187 Å². The minimum Gasteiger partial charge on any atom is -0.456 e. The molecule has 322 valence electrons. The molecule has 0 unspecified atom stereocenters. The molecule has 4 aromatic heterocycles. The third-order valence-electron chi connectivity index (χ3n) is 13.5. The van der Waals surface area contributed by atoms with Gasteiger partial charge in [0.15, 0.2) is 23.1 Å². The number of furan rings is 2. The van der Waals surface area contributed by atoms with Crippen LogP contribution in [0.15, 0.2) is 239 Å². The quantitative estimate of drug-likeness (QED) is 0.159. The van der Waals surface area contributed by atoms with Gasteiger partial charge in [0.1, 0.15) is 16.7 Å². The van der Waals surface area contributed by atoms with E-state index >= 15 is 0 Å². The van der Waals surface area contributed by atoms with Crippen molar-refractivity contribution in [1.82, 2.24) is 19.5 Å². The molecule has 0 radical (unpaired) electrons. The molecule has 6 heteroatoms. The second-order valence-electron chi connectivity index (χ2n) is 17.5. The second-order valence-corrected chi connectivity index (χ2v) is 17.5. The summed E-state index contributed by atoms with van der Waals surface area (Å²) in [6.45, 7) is 0. The Morgan fingerprint density at radius 2 is 0.797 bits per heavy atom. The zero-order chi connectivity index (χ0) is 45.4. The topological polar surface area (TPSA) is 69.9 Å². The van der Waals surface area contributed by atoms with Crippen molar-refractivity contribution < 1.29 is 8.83 Å². The molecule has 0 bridgehead atoms. The van der Waals surface area contributed by atoms with Crippen LogP contribution in [0.5, 0.6) is 0 Å². The van der Waals surface area contributed by atoms with Crippen molar-refractivity contribution in [2.75, 3.05) is 0 Å². The van der Waals surface area contributed by atoms with Gasteiger partial charge in [-0.05, 0) is 88.0 Å². The van der Waals surface area contributed by atoms with Crippen molar-refractivity contribution in [1.29, 1.82) is 0 Å². The Morgan fingerprint density at radius 1 is 0.290 bits per heavy atom. The van der Waals surface area contributed by atoms with Crippen LogP contribution in [-0.4, -0.2) is 19.5 Å². The molecule has 69 heavy (non-hydrogen) atoms. The van der Waals surface area contributed by atoms with Crippen LogP contribution in [0.25, 0.3) is 139 Å². The summed E-state index contributed by atoms with van der Waals surface area (Å²) in [6, 6.07) is 80.3. The lowest BCUT2D eigenvalue weighted by Crippen LogP contribution is -2.00. The fourth-order valence-electron chi connectivity index (χ4n) is 10.2. The van der Waals surface area contributed by atoms with Gasteiger partial charge in [-0.3, -0.25) is 0 Å². The average molecular weight is 883 g/mol. The van der Waals surface area contributed by atoms with Gasteiger partial charge in [0.05, 0.1) is 16.7 Å². The molecule has 0 aliphatic carbocycles. The summed E-state index contributed by atoms with van der Waals surface area (Å²) in [5.74, 6) is 1.79. The summed E-state index contributed by atoms with van der Waals surface area (Å²) in [5.41, 5.74) is 15.9. The maximum Gasteiger partial charge on any atom is 0.164 e. The van der Waals surface area contributed by atoms with Crippen molar-refractivity contribution in [3.05, 3.63) is 231 Å². The summed E-state index contributed by atoms with van der Waals surface area (Å²) < 4.78 is 15.9. The molecule has 14 aromatic rings. The number of aromatic nitrogens is 4. The number of hydrogen-bond donors (Lipinski definition) is 0. The molecule has 0 aliphatic heterocycles. The van der Waals surface area contributed by atoms with Crippen molar-refractivity contribution in [3.63, 3.8) is 0 Å². The maximum absolute atomic E-state index is 6.91. The fraction of sp³-hybridized carbons (Fsp3) is 0. The highest BCUT2D eigenvalue weighted by Crippen LogP contribution is 2.42. The highest BCUT2D eigenvalue weighted by atomic mass is 16.3.